The van der Waals surface area contributed by atoms with Crippen LogP contribution in [0.1, 0.15) is 188 Å². The average molecular weight is 1630 g/mol. The van der Waals surface area contributed by atoms with Gasteiger partial charge in [-0.25, -0.2) is 8.78 Å². The smallest absolute Gasteiger partial charge is 0.378 e. The molecule has 7 fully saturated rings. The molecular weight excluding hydrogens is 1500 g/mol. The number of nitrogens with zero attached hydrogens (tertiary/aromatic N) is 9. The molecule has 33 heteroatoms. The Morgan fingerprint density at radius 2 is 1.27 bits per heavy atom. The number of likely N-dealkylation sites (N-methyl/N-ethyl adjacent to an activating group) is 6. The summed E-state index contributed by atoms with van der Waals surface area (Å²) in [7, 11) is 8.39. The van der Waals surface area contributed by atoms with E-state index in [1.807, 2.05) is 13.8 Å². The summed E-state index contributed by atoms with van der Waals surface area (Å²) >= 11 is 0. The second-order valence-corrected chi connectivity index (χ2v) is 33.2. The molecule has 0 radical (unpaired) electrons. The Morgan fingerprint density at radius 3 is 1.87 bits per heavy atom. The van der Waals surface area contributed by atoms with Gasteiger partial charge in [-0.2, -0.15) is 26.3 Å². The molecule has 114 heavy (non-hydrogen) atoms. The molecule has 4 saturated heterocycles. The van der Waals surface area contributed by atoms with E-state index in [0.29, 0.717) is 77.0 Å². The lowest BCUT2D eigenvalue weighted by atomic mass is 9.76. The van der Waals surface area contributed by atoms with E-state index in [1.54, 1.807) is 20.0 Å². The Kier molecular flexibility index (Phi) is 34.6. The van der Waals surface area contributed by atoms with Crippen LogP contribution < -0.4 is 16.0 Å². The van der Waals surface area contributed by atoms with Crippen molar-refractivity contribution in [1.82, 2.24) is 60.0 Å². The number of carbonyl (C=O) groups is 11. The molecule has 3 saturated carbocycles. The van der Waals surface area contributed by atoms with Crippen LogP contribution in [0.2, 0.25) is 0 Å². The monoisotopic (exact) mass is 1630 g/mol. The summed E-state index contributed by atoms with van der Waals surface area (Å²) in [6, 6.07) is -10.7. The highest BCUT2D eigenvalue weighted by Gasteiger charge is 2.55. The van der Waals surface area contributed by atoms with Crippen molar-refractivity contribution in [2.24, 2.45) is 35.5 Å². The number of ether oxygens (including phenoxy) is 2. The minimum absolute atomic E-state index is 0.0138. The van der Waals surface area contributed by atoms with Gasteiger partial charge in [-0.1, -0.05) is 71.1 Å². The van der Waals surface area contributed by atoms with Crippen molar-refractivity contribution in [1.29, 1.82) is 0 Å². The fourth-order valence-electron chi connectivity index (χ4n) is 18.0. The number of hydrogen-bond donors (Lipinski definition) is 3. The standard InChI is InChI=1S/C81H126F8N12O13/c1-14-18-19-21-28-60-51(6)90-69(50(5)16-3)76(110)94(9)49-67(104)96(11)61-29-22-20-25-37-100(75(61)109)64(44-52-30-33-55(34-31-52)80(84,85)86)73(107)93(8)48-65(102)91-59(35-32-53-42-57(82)68(58(83)43-53)81(87,88)89)72(106)101-47-56(114-17-4)45-62(101)71(105)92-79(7,36-15-2)78(112)98(13)70(54-26-23-24-27-54)77(111)97(12)63(46-66(103)95(60)10)74(108)99-38-40-113-41-39-99/h14-15,50,52-64,68-70,90H,1-2,6,16-49H2,3-5,7-13H3,(H,91,102)(H,92,105)/t50-,52?,53?,55?,56+,57?,58?,59-,60-,61-,62-,63-,64-,68?,69-,70-,79+/m0/s1. The molecule has 2 unspecified atom stereocenters. The first kappa shape index (κ1) is 93.7. The molecular formula is C81H126F8N12O13. The van der Waals surface area contributed by atoms with Gasteiger partial charge in [0.25, 0.3) is 0 Å². The van der Waals surface area contributed by atoms with Crippen LogP contribution in [0.4, 0.5) is 35.1 Å². The Labute approximate surface area is 667 Å². The van der Waals surface area contributed by atoms with Crippen LogP contribution in [-0.2, 0) is 62.2 Å². The number of amides is 11. The normalized spacial score (nSPS) is 31.9. The number of allylic oxidation sites excluding steroid dienone is 1. The summed E-state index contributed by atoms with van der Waals surface area (Å²) in [5.41, 5.74) is -1.72. The van der Waals surface area contributed by atoms with E-state index in [1.165, 1.54) is 82.5 Å². The van der Waals surface area contributed by atoms with Crippen LogP contribution in [0.3, 0.4) is 0 Å². The van der Waals surface area contributed by atoms with Gasteiger partial charge in [0.05, 0.1) is 50.8 Å². The predicted molar refractivity (Wildman–Crippen MR) is 410 cm³/mol. The van der Waals surface area contributed by atoms with Crippen molar-refractivity contribution >= 4 is 65.0 Å². The van der Waals surface area contributed by atoms with Gasteiger partial charge in [0.15, 0.2) is 0 Å². The third kappa shape index (κ3) is 23.9. The van der Waals surface area contributed by atoms with Crippen molar-refractivity contribution in [2.75, 3.05) is 101 Å². The van der Waals surface area contributed by atoms with Crippen molar-refractivity contribution in [3.05, 3.63) is 37.6 Å². The molecule has 3 aliphatic carbocycles. The zero-order valence-electron chi connectivity index (χ0n) is 68.5. The van der Waals surface area contributed by atoms with Gasteiger partial charge in [-0.15, -0.1) is 13.2 Å². The first-order valence-corrected chi connectivity index (χ1v) is 41.1. The Bertz CT molecular complexity index is 3340. The maximum atomic E-state index is 15.9. The predicted octanol–water partition coefficient (Wildman–Crippen LogP) is 8.45. The molecule has 644 valence electrons. The van der Waals surface area contributed by atoms with Crippen molar-refractivity contribution in [2.45, 2.75) is 273 Å². The Balaban J connectivity index is 1.35. The summed E-state index contributed by atoms with van der Waals surface area (Å²) in [5.74, 6) is -15.5. The molecule has 3 N–H and O–H groups in total. The van der Waals surface area contributed by atoms with Gasteiger partial charge in [0.1, 0.15) is 66.1 Å². The number of carbonyl (C=O) groups excluding carboxylic acids is 11. The number of morpholine rings is 1. The molecule has 0 spiro atoms. The van der Waals surface area contributed by atoms with Gasteiger partial charge in [0.2, 0.25) is 65.0 Å². The van der Waals surface area contributed by atoms with Crippen molar-refractivity contribution in [3.8, 4) is 0 Å². The van der Waals surface area contributed by atoms with E-state index in [4.69, 9.17) is 9.47 Å². The van der Waals surface area contributed by atoms with E-state index in [2.05, 4.69) is 35.7 Å². The summed E-state index contributed by atoms with van der Waals surface area (Å²) in [6.07, 6.45) is -10.8. The molecule has 0 aromatic carbocycles. The summed E-state index contributed by atoms with van der Waals surface area (Å²) in [5, 5.41) is 8.84. The highest BCUT2D eigenvalue weighted by atomic mass is 19.4. The minimum Gasteiger partial charge on any atom is -0.378 e. The van der Waals surface area contributed by atoms with Gasteiger partial charge in [0, 0.05) is 87.2 Å². The lowest BCUT2D eigenvalue weighted by Gasteiger charge is -2.42. The van der Waals surface area contributed by atoms with E-state index in [-0.39, 0.29) is 109 Å². The minimum atomic E-state index is -5.22. The summed E-state index contributed by atoms with van der Waals surface area (Å²) in [6.45, 7) is 17.8. The number of hydrogen-bond acceptors (Lipinski definition) is 14. The SMILES string of the molecule is C=CCCCC[C@H]1C(=C)N[C@@H]([C@@H](C)CC)C(=O)N(C)CC(=O)N(C)[C@H]2CCCCCN(C2=O)[C@@H](CC2CCC(C(F)(F)F)CC2)C(=O)N(C)CC(=O)N[C@@H](CCC2CC(F)C(C(F)(F)F)C(F)C2)C(=O)N2C[C@H](OCC)C[C@H]2C(=O)N[C@](C)(CC=C)C(=O)N(C)[C@@H](C2CCCC2)C(=O)N(C)[C@H](C(=O)N2CCOCC2)CC(=O)N1C. The maximum Gasteiger partial charge on any atom is 0.397 e. The fourth-order valence-corrected chi connectivity index (χ4v) is 18.0. The molecule has 4 aliphatic heterocycles. The number of unbranched alkanes of at least 4 members (excludes halogenated alkanes) is 2. The van der Waals surface area contributed by atoms with Crippen LogP contribution in [0.25, 0.3) is 0 Å². The zero-order valence-corrected chi connectivity index (χ0v) is 68.5. The number of alkyl halides is 8. The second-order valence-electron chi connectivity index (χ2n) is 33.2. The highest BCUT2D eigenvalue weighted by molar-refractivity contribution is 6.00. The number of rotatable bonds is 18. The molecule has 25 nitrogen and oxygen atoms in total. The van der Waals surface area contributed by atoms with E-state index in [0.717, 1.165) is 9.80 Å². The van der Waals surface area contributed by atoms with E-state index >= 15 is 51.9 Å². The lowest BCUT2D eigenvalue weighted by molar-refractivity contribution is -0.219. The van der Waals surface area contributed by atoms with Crippen molar-refractivity contribution in [3.63, 3.8) is 0 Å². The van der Waals surface area contributed by atoms with Gasteiger partial charge in [-0.3, -0.25) is 52.7 Å². The third-order valence-electron chi connectivity index (χ3n) is 25.1. The van der Waals surface area contributed by atoms with Gasteiger partial charge < -0.3 is 69.5 Å². The lowest BCUT2D eigenvalue weighted by Crippen LogP contribution is -2.65. The number of halogens is 8. The second kappa shape index (κ2) is 42.1. The molecule has 11 amide bonds. The molecule has 2 bridgehead atoms. The van der Waals surface area contributed by atoms with Crippen LogP contribution in [0.15, 0.2) is 37.6 Å². The van der Waals surface area contributed by atoms with Crippen LogP contribution in [0, 0.1) is 35.5 Å². The average Bonchev–Trinajstić information content (AvgIpc) is 1.50. The molecule has 4 heterocycles. The zero-order chi connectivity index (χ0) is 84.4. The first-order valence-electron chi connectivity index (χ1n) is 41.1. The van der Waals surface area contributed by atoms with Crippen LogP contribution in [-0.4, -0.2) is 295 Å². The summed E-state index contributed by atoms with van der Waals surface area (Å²) in [4.78, 5) is 180. The van der Waals surface area contributed by atoms with Gasteiger partial charge >= 0.3 is 12.4 Å². The third-order valence-corrected chi connectivity index (χ3v) is 25.1. The molecule has 7 rings (SSSR count). The quantitative estimate of drug-likeness (QED) is 0.0660. The topological polar surface area (TPSA) is 271 Å². The Morgan fingerprint density at radius 1 is 0.640 bits per heavy atom. The van der Waals surface area contributed by atoms with E-state index < -0.39 is 224 Å². The van der Waals surface area contributed by atoms with Gasteiger partial charge in [-0.05, 0) is 147 Å². The first-order chi connectivity index (χ1) is 53.7. The van der Waals surface area contributed by atoms with Crippen molar-refractivity contribution < 1.29 is 97.3 Å². The number of nitrogens with one attached hydrogen (secondary N) is 3. The maximum absolute atomic E-state index is 15.9. The molecule has 0 aromatic rings. The molecule has 13 atom stereocenters. The largest absolute Gasteiger partial charge is 0.397 e. The highest BCUT2D eigenvalue weighted by Crippen LogP contribution is 2.46. The van der Waals surface area contributed by atoms with Crippen LogP contribution >= 0.6 is 0 Å². The fraction of sp³-hybridized carbons (Fsp3) is 0.790. The molecule has 0 aromatic heterocycles. The van der Waals surface area contributed by atoms with Crippen LogP contribution in [0.5, 0.6) is 0 Å². The molecule has 7 aliphatic rings. The van der Waals surface area contributed by atoms with E-state index in [9.17, 15) is 35.9 Å². The number of fused-ring (bicyclic) bond motifs is 3. The Hall–Kier alpha value is -7.45. The summed E-state index contributed by atoms with van der Waals surface area (Å²) < 4.78 is 127.